The normalized spacial score (nSPS) is 44.9. The van der Waals surface area contributed by atoms with E-state index in [9.17, 15) is 10.2 Å². The molecule has 5 aliphatic rings. The minimum absolute atomic E-state index is 0.131. The average molecular weight is 478 g/mol. The molecule has 3 heteroatoms. The molecule has 9 unspecified atom stereocenters. The highest BCUT2D eigenvalue weighted by molar-refractivity contribution is 5.26. The van der Waals surface area contributed by atoms with Crippen LogP contribution in [0.5, 0.6) is 0 Å². The van der Waals surface area contributed by atoms with Gasteiger partial charge in [0.25, 0.3) is 0 Å². The molecule has 9 atom stereocenters. The molecule has 0 aliphatic heterocycles. The quantitative estimate of drug-likeness (QED) is 0.462. The standard InChI is InChI=1S/C32H47NO2/c1-30-14-12-24(34)18-23(30)9-10-25-27(30)13-15-31(2)28(19-26(29(25)31)22-7-4-8-22)32(3,35)16-11-21-6-5-17-33-20-21/h5-6,9,17,20,22,24-29,34-35H,4,7-8,10-16,18-19H2,1-3H3. The van der Waals surface area contributed by atoms with Gasteiger partial charge in [-0.2, -0.15) is 0 Å². The minimum Gasteiger partial charge on any atom is -0.393 e. The van der Waals surface area contributed by atoms with Crippen molar-refractivity contribution in [2.24, 2.45) is 46.3 Å². The zero-order valence-corrected chi connectivity index (χ0v) is 22.3. The summed E-state index contributed by atoms with van der Waals surface area (Å²) in [7, 11) is 0. The van der Waals surface area contributed by atoms with Crippen LogP contribution in [0, 0.1) is 46.3 Å². The molecule has 5 aliphatic carbocycles. The van der Waals surface area contributed by atoms with Gasteiger partial charge in [0.1, 0.15) is 0 Å². The summed E-state index contributed by atoms with van der Waals surface area (Å²) in [5.41, 5.74) is 2.69. The van der Waals surface area contributed by atoms with Crippen LogP contribution in [0.15, 0.2) is 36.2 Å². The fourth-order valence-corrected chi connectivity index (χ4v) is 10.3. The number of hydrogen-bond acceptors (Lipinski definition) is 3. The smallest absolute Gasteiger partial charge is 0.0656 e. The van der Waals surface area contributed by atoms with Gasteiger partial charge >= 0.3 is 0 Å². The van der Waals surface area contributed by atoms with E-state index in [2.05, 4.69) is 37.9 Å². The summed E-state index contributed by atoms with van der Waals surface area (Å²) in [6.45, 7) is 7.29. The average Bonchev–Trinajstić information content (AvgIpc) is 3.11. The largest absolute Gasteiger partial charge is 0.393 e. The van der Waals surface area contributed by atoms with Crippen LogP contribution in [0.4, 0.5) is 0 Å². The van der Waals surface area contributed by atoms with Gasteiger partial charge in [0.15, 0.2) is 0 Å². The number of hydrogen-bond donors (Lipinski definition) is 2. The number of aryl methyl sites for hydroxylation is 1. The topological polar surface area (TPSA) is 53.4 Å². The third-order valence-electron chi connectivity index (χ3n) is 12.3. The van der Waals surface area contributed by atoms with Gasteiger partial charge in [-0.05, 0) is 123 Å². The van der Waals surface area contributed by atoms with E-state index in [-0.39, 0.29) is 16.9 Å². The maximum absolute atomic E-state index is 12.1. The molecule has 2 N–H and O–H groups in total. The number of aliphatic hydroxyl groups excluding tert-OH is 1. The van der Waals surface area contributed by atoms with Crippen molar-refractivity contribution in [1.82, 2.24) is 4.98 Å². The van der Waals surface area contributed by atoms with E-state index < -0.39 is 5.60 Å². The van der Waals surface area contributed by atoms with Gasteiger partial charge in [0.2, 0.25) is 0 Å². The summed E-state index contributed by atoms with van der Waals surface area (Å²) in [6.07, 6.45) is 20.2. The van der Waals surface area contributed by atoms with E-state index in [1.807, 2.05) is 18.5 Å². The second kappa shape index (κ2) is 8.69. The summed E-state index contributed by atoms with van der Waals surface area (Å²) in [5.74, 6) is 4.29. The van der Waals surface area contributed by atoms with Crippen molar-refractivity contribution >= 4 is 0 Å². The molecule has 6 rings (SSSR count). The Hall–Kier alpha value is -1.19. The van der Waals surface area contributed by atoms with Gasteiger partial charge in [-0.1, -0.05) is 50.8 Å². The Bertz CT molecular complexity index is 952. The first-order valence-electron chi connectivity index (χ1n) is 14.7. The summed E-state index contributed by atoms with van der Waals surface area (Å²) >= 11 is 0. The van der Waals surface area contributed by atoms with Crippen molar-refractivity contribution in [3.05, 3.63) is 41.7 Å². The lowest BCUT2D eigenvalue weighted by atomic mass is 9.45. The Balaban J connectivity index is 1.30. The molecule has 0 aromatic carbocycles. The number of allylic oxidation sites excluding steroid dienone is 1. The number of aromatic nitrogens is 1. The molecule has 3 nitrogen and oxygen atoms in total. The molecule has 4 fully saturated rings. The van der Waals surface area contributed by atoms with Crippen LogP contribution in [0.2, 0.25) is 0 Å². The van der Waals surface area contributed by atoms with Gasteiger partial charge in [0.05, 0.1) is 11.7 Å². The fourth-order valence-electron chi connectivity index (χ4n) is 10.3. The summed E-state index contributed by atoms with van der Waals surface area (Å²) in [5, 5.41) is 22.5. The van der Waals surface area contributed by atoms with Gasteiger partial charge < -0.3 is 10.2 Å². The van der Waals surface area contributed by atoms with Crippen LogP contribution >= 0.6 is 0 Å². The van der Waals surface area contributed by atoms with Crippen LogP contribution in [-0.4, -0.2) is 26.9 Å². The summed E-state index contributed by atoms with van der Waals surface area (Å²) < 4.78 is 0. The third-order valence-corrected chi connectivity index (χ3v) is 12.3. The Labute approximate surface area is 212 Å². The SMILES string of the molecule is CC(O)(CCc1cccnc1)C1CC(C2CCC2)C2C3CC=C4CC(O)CCC4(C)C3CCC21C. The van der Waals surface area contributed by atoms with Crippen molar-refractivity contribution in [3.8, 4) is 0 Å². The van der Waals surface area contributed by atoms with Gasteiger partial charge in [0, 0.05) is 12.4 Å². The lowest BCUT2D eigenvalue weighted by molar-refractivity contribution is -0.111. The van der Waals surface area contributed by atoms with Crippen LogP contribution in [-0.2, 0) is 6.42 Å². The molecule has 1 heterocycles. The van der Waals surface area contributed by atoms with Crippen LogP contribution in [0.3, 0.4) is 0 Å². The first kappa shape index (κ1) is 24.2. The van der Waals surface area contributed by atoms with E-state index in [0.29, 0.717) is 5.92 Å². The van der Waals surface area contributed by atoms with Crippen LogP contribution < -0.4 is 0 Å². The van der Waals surface area contributed by atoms with Crippen molar-refractivity contribution in [2.45, 2.75) is 110 Å². The zero-order valence-electron chi connectivity index (χ0n) is 22.3. The lowest BCUT2D eigenvalue weighted by Gasteiger charge is -2.60. The summed E-state index contributed by atoms with van der Waals surface area (Å²) in [6, 6.07) is 4.17. The Morgan fingerprint density at radius 3 is 2.66 bits per heavy atom. The first-order chi connectivity index (χ1) is 16.7. The van der Waals surface area contributed by atoms with Gasteiger partial charge in [-0.15, -0.1) is 0 Å². The Kier molecular flexibility index (Phi) is 6.00. The van der Waals surface area contributed by atoms with E-state index >= 15 is 0 Å². The Morgan fingerprint density at radius 2 is 1.94 bits per heavy atom. The van der Waals surface area contributed by atoms with E-state index in [0.717, 1.165) is 61.7 Å². The highest BCUT2D eigenvalue weighted by Gasteiger charge is 2.65. The number of nitrogens with zero attached hydrogens (tertiary/aromatic N) is 1. The lowest BCUT2D eigenvalue weighted by Crippen LogP contribution is -2.54. The molecule has 1 aromatic heterocycles. The number of fused-ring (bicyclic) bond motifs is 5. The molecule has 0 bridgehead atoms. The Morgan fingerprint density at radius 1 is 1.11 bits per heavy atom. The first-order valence-corrected chi connectivity index (χ1v) is 14.7. The van der Waals surface area contributed by atoms with Crippen LogP contribution in [0.25, 0.3) is 0 Å². The minimum atomic E-state index is -0.636. The fraction of sp³-hybridized carbons (Fsp3) is 0.781. The molecule has 0 radical (unpaired) electrons. The van der Waals surface area contributed by atoms with E-state index in [1.165, 1.54) is 50.5 Å². The number of aliphatic hydroxyl groups is 2. The molecule has 0 saturated heterocycles. The monoisotopic (exact) mass is 477 g/mol. The van der Waals surface area contributed by atoms with E-state index in [1.54, 1.807) is 5.57 Å². The molecular weight excluding hydrogens is 430 g/mol. The zero-order chi connectivity index (χ0) is 24.4. The van der Waals surface area contributed by atoms with Crippen LogP contribution in [0.1, 0.15) is 97.0 Å². The second-order valence-corrected chi connectivity index (χ2v) is 14.0. The van der Waals surface area contributed by atoms with Crippen molar-refractivity contribution in [3.63, 3.8) is 0 Å². The third kappa shape index (κ3) is 3.86. The predicted octanol–water partition coefficient (Wildman–Crippen LogP) is 6.73. The molecule has 35 heavy (non-hydrogen) atoms. The molecule has 4 saturated carbocycles. The predicted molar refractivity (Wildman–Crippen MR) is 141 cm³/mol. The van der Waals surface area contributed by atoms with Crippen molar-refractivity contribution in [2.75, 3.05) is 0 Å². The number of pyridine rings is 1. The summed E-state index contributed by atoms with van der Waals surface area (Å²) in [4.78, 5) is 4.30. The highest BCUT2D eigenvalue weighted by atomic mass is 16.3. The van der Waals surface area contributed by atoms with Gasteiger partial charge in [-0.25, -0.2) is 0 Å². The molecule has 0 spiro atoms. The molecule has 0 amide bonds. The van der Waals surface area contributed by atoms with E-state index in [4.69, 9.17) is 0 Å². The molecular formula is C32H47NO2. The maximum Gasteiger partial charge on any atom is 0.0656 e. The second-order valence-electron chi connectivity index (χ2n) is 14.0. The van der Waals surface area contributed by atoms with Crippen molar-refractivity contribution in [1.29, 1.82) is 0 Å². The number of rotatable bonds is 5. The molecule has 192 valence electrons. The maximum atomic E-state index is 12.1. The highest BCUT2D eigenvalue weighted by Crippen LogP contribution is 2.71. The molecule has 1 aromatic rings. The van der Waals surface area contributed by atoms with Crippen molar-refractivity contribution < 1.29 is 10.2 Å². The van der Waals surface area contributed by atoms with Gasteiger partial charge in [-0.3, -0.25) is 4.98 Å².